The van der Waals surface area contributed by atoms with E-state index in [4.69, 9.17) is 0 Å². The molecule has 4 rings (SSSR count). The van der Waals surface area contributed by atoms with Gasteiger partial charge < -0.3 is 4.98 Å². The molecule has 23 heavy (non-hydrogen) atoms. The van der Waals surface area contributed by atoms with Gasteiger partial charge in [0.1, 0.15) is 10.5 Å². The number of nitrogens with one attached hydrogen (secondary N) is 2. The molecule has 0 spiro atoms. The molecule has 1 aliphatic heterocycles. The van der Waals surface area contributed by atoms with Crippen LogP contribution in [-0.4, -0.2) is 37.7 Å². The average Bonchev–Trinajstić information content (AvgIpc) is 3.20. The van der Waals surface area contributed by atoms with Gasteiger partial charge in [-0.15, -0.1) is 11.3 Å². The SMILES string of the molecule is Cc1[nH]ncc1-c1cc2nc(CN3CCC[C@@H]3C)[nH]c(=O)c2s1. The van der Waals surface area contributed by atoms with Crippen molar-refractivity contribution in [1.29, 1.82) is 0 Å². The minimum absolute atomic E-state index is 0.0470. The molecule has 0 amide bonds. The molecule has 0 aliphatic carbocycles. The second kappa shape index (κ2) is 5.58. The number of hydrogen-bond donors (Lipinski definition) is 2. The van der Waals surface area contributed by atoms with Crippen molar-refractivity contribution in [2.24, 2.45) is 0 Å². The standard InChI is InChI=1S/C16H19N5OS/c1-9-4-3-5-21(9)8-14-18-12-6-13(11-7-17-20-10(11)2)23-15(12)16(22)19-14/h6-7,9H,3-5,8H2,1-2H3,(H,17,20)(H,18,19,22)/t9-/m0/s1. The lowest BCUT2D eigenvalue weighted by atomic mass is 10.2. The first kappa shape index (κ1) is 14.6. The minimum Gasteiger partial charge on any atom is -0.308 e. The Morgan fingerprint density at radius 3 is 3.04 bits per heavy atom. The third-order valence-corrected chi connectivity index (χ3v) is 5.73. The quantitative estimate of drug-likeness (QED) is 0.774. The molecule has 120 valence electrons. The zero-order chi connectivity index (χ0) is 16.0. The van der Waals surface area contributed by atoms with Gasteiger partial charge >= 0.3 is 0 Å². The molecular weight excluding hydrogens is 310 g/mol. The lowest BCUT2D eigenvalue weighted by Gasteiger charge is -2.19. The summed E-state index contributed by atoms with van der Waals surface area (Å²) in [5.74, 6) is 0.754. The van der Waals surface area contributed by atoms with E-state index < -0.39 is 0 Å². The van der Waals surface area contributed by atoms with Gasteiger partial charge in [0.2, 0.25) is 0 Å². The Morgan fingerprint density at radius 1 is 1.48 bits per heavy atom. The fourth-order valence-electron chi connectivity index (χ4n) is 3.22. The van der Waals surface area contributed by atoms with Crippen LogP contribution in [0.5, 0.6) is 0 Å². The molecule has 1 atom stereocenters. The topological polar surface area (TPSA) is 77.7 Å². The summed E-state index contributed by atoms with van der Waals surface area (Å²) in [6.45, 7) is 5.99. The number of rotatable bonds is 3. The summed E-state index contributed by atoms with van der Waals surface area (Å²) >= 11 is 1.47. The van der Waals surface area contributed by atoms with Crippen LogP contribution in [0, 0.1) is 6.92 Å². The maximum Gasteiger partial charge on any atom is 0.268 e. The number of aryl methyl sites for hydroxylation is 1. The van der Waals surface area contributed by atoms with Crippen molar-refractivity contribution < 1.29 is 0 Å². The van der Waals surface area contributed by atoms with Gasteiger partial charge in [-0.1, -0.05) is 0 Å². The van der Waals surface area contributed by atoms with Crippen molar-refractivity contribution in [3.05, 3.63) is 34.1 Å². The zero-order valence-electron chi connectivity index (χ0n) is 13.2. The van der Waals surface area contributed by atoms with Crippen molar-refractivity contribution in [2.75, 3.05) is 6.54 Å². The van der Waals surface area contributed by atoms with Gasteiger partial charge in [0.15, 0.2) is 0 Å². The Labute approximate surface area is 137 Å². The molecule has 1 aliphatic rings. The van der Waals surface area contributed by atoms with Crippen LogP contribution >= 0.6 is 11.3 Å². The lowest BCUT2D eigenvalue weighted by molar-refractivity contribution is 0.254. The molecule has 0 aromatic carbocycles. The highest BCUT2D eigenvalue weighted by Crippen LogP contribution is 2.32. The van der Waals surface area contributed by atoms with E-state index in [2.05, 4.69) is 32.0 Å². The van der Waals surface area contributed by atoms with E-state index >= 15 is 0 Å². The Hall–Kier alpha value is -1.99. The fourth-order valence-corrected chi connectivity index (χ4v) is 4.27. The summed E-state index contributed by atoms with van der Waals surface area (Å²) < 4.78 is 0.679. The number of nitrogens with zero attached hydrogens (tertiary/aromatic N) is 3. The van der Waals surface area contributed by atoms with Gasteiger partial charge in [0.25, 0.3) is 5.56 Å². The molecule has 1 saturated heterocycles. The molecule has 0 saturated carbocycles. The fraction of sp³-hybridized carbons (Fsp3) is 0.438. The smallest absolute Gasteiger partial charge is 0.268 e. The van der Waals surface area contributed by atoms with Crippen LogP contribution in [0.4, 0.5) is 0 Å². The highest BCUT2D eigenvalue weighted by atomic mass is 32.1. The summed E-state index contributed by atoms with van der Waals surface area (Å²) in [5, 5.41) is 6.99. The molecule has 6 nitrogen and oxygen atoms in total. The average molecular weight is 329 g/mol. The van der Waals surface area contributed by atoms with Gasteiger partial charge in [0.05, 0.1) is 18.3 Å². The first-order valence-corrected chi connectivity index (χ1v) is 8.70. The number of H-pyrrole nitrogens is 2. The van der Waals surface area contributed by atoms with Crippen LogP contribution in [0.2, 0.25) is 0 Å². The molecule has 0 bridgehead atoms. The molecule has 3 aromatic heterocycles. The summed E-state index contributed by atoms with van der Waals surface area (Å²) in [4.78, 5) is 23.4. The summed E-state index contributed by atoms with van der Waals surface area (Å²) in [5.41, 5.74) is 2.76. The van der Waals surface area contributed by atoms with E-state index in [-0.39, 0.29) is 5.56 Å². The van der Waals surface area contributed by atoms with Crippen molar-refractivity contribution in [1.82, 2.24) is 25.1 Å². The van der Waals surface area contributed by atoms with Gasteiger partial charge in [-0.2, -0.15) is 5.10 Å². The van der Waals surface area contributed by atoms with Gasteiger partial charge in [-0.05, 0) is 39.3 Å². The third kappa shape index (κ3) is 2.60. The Kier molecular flexibility index (Phi) is 3.54. The molecule has 1 fully saturated rings. The van der Waals surface area contributed by atoms with E-state index in [0.717, 1.165) is 34.0 Å². The summed E-state index contributed by atoms with van der Waals surface area (Å²) in [7, 11) is 0. The maximum atomic E-state index is 12.4. The summed E-state index contributed by atoms with van der Waals surface area (Å²) in [6.07, 6.45) is 4.23. The van der Waals surface area contributed by atoms with E-state index in [1.807, 2.05) is 13.0 Å². The second-order valence-electron chi connectivity index (χ2n) is 6.21. The molecular formula is C16H19N5OS. The van der Waals surface area contributed by atoms with E-state index in [1.54, 1.807) is 6.20 Å². The highest BCUT2D eigenvalue weighted by Gasteiger charge is 2.21. The second-order valence-corrected chi connectivity index (χ2v) is 7.26. The van der Waals surface area contributed by atoms with Crippen molar-refractivity contribution in [3.8, 4) is 10.4 Å². The largest absolute Gasteiger partial charge is 0.308 e. The zero-order valence-corrected chi connectivity index (χ0v) is 14.0. The van der Waals surface area contributed by atoms with Crippen molar-refractivity contribution in [2.45, 2.75) is 39.3 Å². The number of fused-ring (bicyclic) bond motifs is 1. The number of likely N-dealkylation sites (tertiary alicyclic amines) is 1. The highest BCUT2D eigenvalue weighted by molar-refractivity contribution is 7.22. The Bertz CT molecular complexity index is 909. The Morgan fingerprint density at radius 2 is 2.35 bits per heavy atom. The van der Waals surface area contributed by atoms with E-state index in [0.29, 0.717) is 17.3 Å². The predicted octanol–water partition coefficient (Wildman–Crippen LogP) is 2.67. The van der Waals surface area contributed by atoms with Crippen LogP contribution in [0.3, 0.4) is 0 Å². The van der Waals surface area contributed by atoms with Gasteiger partial charge in [-0.25, -0.2) is 4.98 Å². The van der Waals surface area contributed by atoms with Crippen LogP contribution in [0.25, 0.3) is 20.7 Å². The van der Waals surface area contributed by atoms with Crippen molar-refractivity contribution >= 4 is 21.6 Å². The monoisotopic (exact) mass is 329 g/mol. The lowest BCUT2D eigenvalue weighted by Crippen LogP contribution is -2.28. The van der Waals surface area contributed by atoms with Crippen molar-refractivity contribution in [3.63, 3.8) is 0 Å². The number of thiophene rings is 1. The van der Waals surface area contributed by atoms with Crippen LogP contribution in [-0.2, 0) is 6.54 Å². The number of aromatic amines is 2. The maximum absolute atomic E-state index is 12.4. The van der Waals surface area contributed by atoms with Crippen LogP contribution < -0.4 is 5.56 Å². The van der Waals surface area contributed by atoms with Crippen LogP contribution in [0.15, 0.2) is 17.1 Å². The minimum atomic E-state index is -0.0470. The molecule has 3 aromatic rings. The molecule has 4 heterocycles. The molecule has 0 unspecified atom stereocenters. The summed E-state index contributed by atoms with van der Waals surface area (Å²) in [6, 6.07) is 2.55. The Balaban J connectivity index is 1.72. The van der Waals surface area contributed by atoms with E-state index in [9.17, 15) is 4.79 Å². The third-order valence-electron chi connectivity index (χ3n) is 4.57. The van der Waals surface area contributed by atoms with Gasteiger partial charge in [-0.3, -0.25) is 14.8 Å². The number of hydrogen-bond acceptors (Lipinski definition) is 5. The number of aromatic nitrogens is 4. The first-order valence-electron chi connectivity index (χ1n) is 7.89. The normalized spacial score (nSPS) is 19.0. The predicted molar refractivity (Wildman–Crippen MR) is 91.7 cm³/mol. The molecule has 0 radical (unpaired) electrons. The van der Waals surface area contributed by atoms with Gasteiger partial charge in [0, 0.05) is 22.2 Å². The van der Waals surface area contributed by atoms with E-state index in [1.165, 1.54) is 24.2 Å². The van der Waals surface area contributed by atoms with Crippen LogP contribution in [0.1, 0.15) is 31.3 Å². The molecule has 2 N–H and O–H groups in total. The molecule has 7 heteroatoms. The first-order chi connectivity index (χ1) is 11.1.